The molecule has 1 rings (SSSR count). The maximum atomic E-state index is 10.7. The summed E-state index contributed by atoms with van der Waals surface area (Å²) < 4.78 is 0. The fraction of sp³-hybridized carbons (Fsp3) is 0.364. The van der Waals surface area contributed by atoms with E-state index in [4.69, 9.17) is 0 Å². The van der Waals surface area contributed by atoms with Gasteiger partial charge in [-0.2, -0.15) is 0 Å². The first kappa shape index (κ1) is 12.2. The Morgan fingerprint density at radius 2 is 2.06 bits per heavy atom. The van der Waals surface area contributed by atoms with E-state index in [0.29, 0.717) is 12.1 Å². The standard InChI is InChI=1S/C11H15N3O2/c1-3-10(11(15)16)14(2)13-12-9-7-5-4-6-8-9/h4-8,10H,3H2,1-2H3,(H,15,16)/p-1. The number of carbonyl (C=O) groups is 1. The van der Waals surface area contributed by atoms with Crippen molar-refractivity contribution in [3.05, 3.63) is 30.3 Å². The van der Waals surface area contributed by atoms with Gasteiger partial charge in [0, 0.05) is 7.05 Å². The molecule has 0 aromatic heterocycles. The van der Waals surface area contributed by atoms with E-state index in [1.54, 1.807) is 26.1 Å². The van der Waals surface area contributed by atoms with Crippen molar-refractivity contribution in [1.29, 1.82) is 0 Å². The van der Waals surface area contributed by atoms with Crippen LogP contribution in [0.15, 0.2) is 40.7 Å². The summed E-state index contributed by atoms with van der Waals surface area (Å²) in [6, 6.07) is 8.38. The highest BCUT2D eigenvalue weighted by molar-refractivity contribution is 5.70. The minimum Gasteiger partial charge on any atom is -0.548 e. The van der Waals surface area contributed by atoms with Gasteiger partial charge in [0.1, 0.15) is 0 Å². The number of rotatable bonds is 5. The molecular weight excluding hydrogens is 206 g/mol. The second-order valence-electron chi connectivity index (χ2n) is 3.34. The molecule has 1 aromatic carbocycles. The number of likely N-dealkylation sites (N-methyl/N-ethyl adjacent to an activating group) is 1. The molecule has 0 saturated heterocycles. The molecule has 5 nitrogen and oxygen atoms in total. The summed E-state index contributed by atoms with van der Waals surface area (Å²) in [5.41, 5.74) is 0.683. The Kier molecular flexibility index (Phi) is 4.44. The van der Waals surface area contributed by atoms with Gasteiger partial charge < -0.3 is 9.90 Å². The maximum Gasteiger partial charge on any atom is 0.0875 e. The molecule has 0 radical (unpaired) electrons. The lowest BCUT2D eigenvalue weighted by molar-refractivity contribution is -0.311. The first-order valence-electron chi connectivity index (χ1n) is 5.05. The number of aliphatic carboxylic acids is 1. The molecule has 0 N–H and O–H groups in total. The molecule has 5 heteroatoms. The number of carboxylic acids is 1. The highest BCUT2D eigenvalue weighted by Gasteiger charge is 2.11. The van der Waals surface area contributed by atoms with Crippen LogP contribution >= 0.6 is 0 Å². The second-order valence-corrected chi connectivity index (χ2v) is 3.34. The Balaban J connectivity index is 2.66. The lowest BCUT2D eigenvalue weighted by Crippen LogP contribution is -2.43. The Hall–Kier alpha value is -1.91. The van der Waals surface area contributed by atoms with Crippen LogP contribution in [-0.2, 0) is 4.79 Å². The smallest absolute Gasteiger partial charge is 0.0875 e. The van der Waals surface area contributed by atoms with Crippen LogP contribution in [-0.4, -0.2) is 24.1 Å². The molecule has 0 aliphatic carbocycles. The summed E-state index contributed by atoms with van der Waals surface area (Å²) >= 11 is 0. The number of nitrogens with zero attached hydrogens (tertiary/aromatic N) is 3. The van der Waals surface area contributed by atoms with Gasteiger partial charge in [-0.25, -0.2) is 0 Å². The van der Waals surface area contributed by atoms with E-state index in [2.05, 4.69) is 10.3 Å². The SMILES string of the molecule is CCC(C(=O)[O-])N(C)N=Nc1ccccc1. The van der Waals surface area contributed by atoms with Crippen LogP contribution in [0.1, 0.15) is 13.3 Å². The average molecular weight is 220 g/mol. The van der Waals surface area contributed by atoms with E-state index in [9.17, 15) is 9.90 Å². The van der Waals surface area contributed by atoms with Crippen molar-refractivity contribution in [2.75, 3.05) is 7.05 Å². The minimum atomic E-state index is -1.14. The lowest BCUT2D eigenvalue weighted by atomic mass is 10.2. The summed E-state index contributed by atoms with van der Waals surface area (Å²) in [5.74, 6) is -1.14. The molecule has 0 aliphatic rings. The van der Waals surface area contributed by atoms with Gasteiger partial charge in [0.05, 0.1) is 17.7 Å². The van der Waals surface area contributed by atoms with Crippen LogP contribution in [0.2, 0.25) is 0 Å². The number of carbonyl (C=O) groups excluding carboxylic acids is 1. The van der Waals surface area contributed by atoms with Crippen molar-refractivity contribution >= 4 is 11.7 Å². The van der Waals surface area contributed by atoms with Gasteiger partial charge in [-0.3, -0.25) is 5.01 Å². The van der Waals surface area contributed by atoms with E-state index >= 15 is 0 Å². The topological polar surface area (TPSA) is 68.1 Å². The molecule has 1 unspecified atom stereocenters. The minimum absolute atomic E-state index is 0.423. The van der Waals surface area contributed by atoms with Gasteiger partial charge in [0.15, 0.2) is 0 Å². The normalized spacial score (nSPS) is 12.6. The molecule has 16 heavy (non-hydrogen) atoms. The third-order valence-corrected chi connectivity index (χ3v) is 2.17. The third kappa shape index (κ3) is 3.34. The van der Waals surface area contributed by atoms with Crippen molar-refractivity contribution in [3.8, 4) is 0 Å². The number of hydrogen-bond donors (Lipinski definition) is 0. The first-order chi connectivity index (χ1) is 7.65. The summed E-state index contributed by atoms with van der Waals surface area (Å²) in [4.78, 5) is 10.7. The number of benzene rings is 1. The van der Waals surface area contributed by atoms with Crippen molar-refractivity contribution < 1.29 is 9.90 Å². The fourth-order valence-electron chi connectivity index (χ4n) is 1.26. The second kappa shape index (κ2) is 5.85. The van der Waals surface area contributed by atoms with Crippen LogP contribution in [0.3, 0.4) is 0 Å². The zero-order chi connectivity index (χ0) is 12.0. The van der Waals surface area contributed by atoms with E-state index in [1.807, 2.05) is 18.2 Å². The largest absolute Gasteiger partial charge is 0.548 e. The van der Waals surface area contributed by atoms with Crippen LogP contribution in [0, 0.1) is 0 Å². The zero-order valence-corrected chi connectivity index (χ0v) is 9.33. The maximum absolute atomic E-state index is 10.7. The van der Waals surface area contributed by atoms with Crippen LogP contribution < -0.4 is 5.11 Å². The zero-order valence-electron chi connectivity index (χ0n) is 9.33. The summed E-state index contributed by atoms with van der Waals surface area (Å²) in [5, 5.41) is 19.8. The van der Waals surface area contributed by atoms with Crippen LogP contribution in [0.25, 0.3) is 0 Å². The number of carboxylic acid groups (broad SMARTS) is 1. The van der Waals surface area contributed by atoms with Gasteiger partial charge >= 0.3 is 0 Å². The van der Waals surface area contributed by atoms with Crippen molar-refractivity contribution in [1.82, 2.24) is 5.01 Å². The molecule has 86 valence electrons. The molecule has 0 spiro atoms. The van der Waals surface area contributed by atoms with Gasteiger partial charge in [-0.1, -0.05) is 30.3 Å². The highest BCUT2D eigenvalue weighted by atomic mass is 16.4. The molecule has 0 fully saturated rings. The summed E-state index contributed by atoms with van der Waals surface area (Å²) in [7, 11) is 1.57. The molecule has 1 aromatic rings. The molecule has 0 aliphatic heterocycles. The molecular formula is C11H14N3O2-. The number of hydrogen-bond acceptors (Lipinski definition) is 4. The quantitative estimate of drug-likeness (QED) is 0.552. The molecule has 0 bridgehead atoms. The molecule has 1 atom stereocenters. The molecule has 0 amide bonds. The van der Waals surface area contributed by atoms with Gasteiger partial charge in [0.2, 0.25) is 0 Å². The Labute approximate surface area is 94.4 Å². The third-order valence-electron chi connectivity index (χ3n) is 2.17. The first-order valence-corrected chi connectivity index (χ1v) is 5.05. The van der Waals surface area contributed by atoms with E-state index in [1.165, 1.54) is 5.01 Å². The van der Waals surface area contributed by atoms with Crippen molar-refractivity contribution in [2.45, 2.75) is 19.4 Å². The van der Waals surface area contributed by atoms with Crippen molar-refractivity contribution in [3.63, 3.8) is 0 Å². The monoisotopic (exact) mass is 220 g/mol. The fourth-order valence-corrected chi connectivity index (χ4v) is 1.26. The van der Waals surface area contributed by atoms with E-state index < -0.39 is 12.0 Å². The van der Waals surface area contributed by atoms with Gasteiger partial charge in [0.25, 0.3) is 0 Å². The molecule has 0 saturated carbocycles. The van der Waals surface area contributed by atoms with Gasteiger partial charge in [-0.15, -0.1) is 5.11 Å². The Morgan fingerprint density at radius 1 is 1.44 bits per heavy atom. The summed E-state index contributed by atoms with van der Waals surface area (Å²) in [6.45, 7) is 1.76. The van der Waals surface area contributed by atoms with Gasteiger partial charge in [-0.05, 0) is 18.6 Å². The van der Waals surface area contributed by atoms with E-state index in [0.717, 1.165) is 0 Å². The Morgan fingerprint density at radius 3 is 2.56 bits per heavy atom. The predicted octanol–water partition coefficient (Wildman–Crippen LogP) is 1.15. The van der Waals surface area contributed by atoms with Crippen molar-refractivity contribution in [2.24, 2.45) is 10.3 Å². The van der Waals surface area contributed by atoms with Crippen LogP contribution in [0.5, 0.6) is 0 Å². The van der Waals surface area contributed by atoms with Crippen LogP contribution in [0.4, 0.5) is 5.69 Å². The predicted molar refractivity (Wildman–Crippen MR) is 57.8 cm³/mol. The summed E-state index contributed by atoms with van der Waals surface area (Å²) in [6.07, 6.45) is 0.423. The Bertz CT molecular complexity index is 365. The van der Waals surface area contributed by atoms with E-state index in [-0.39, 0.29) is 0 Å². The average Bonchev–Trinajstić information content (AvgIpc) is 2.28. The lowest BCUT2D eigenvalue weighted by Gasteiger charge is -2.23. The molecule has 0 heterocycles. The highest BCUT2D eigenvalue weighted by Crippen LogP contribution is 2.11.